The van der Waals surface area contributed by atoms with Gasteiger partial charge in [0.25, 0.3) is 0 Å². The van der Waals surface area contributed by atoms with E-state index in [2.05, 4.69) is 25.8 Å². The van der Waals surface area contributed by atoms with E-state index in [4.69, 9.17) is 21.8 Å². The van der Waals surface area contributed by atoms with Crippen molar-refractivity contribution in [3.8, 4) is 11.5 Å². The van der Waals surface area contributed by atoms with Crippen molar-refractivity contribution in [3.63, 3.8) is 0 Å². The van der Waals surface area contributed by atoms with Gasteiger partial charge in [0.1, 0.15) is 11.5 Å². The number of rotatable bonds is 3. The number of halogens is 2. The van der Waals surface area contributed by atoms with Crippen LogP contribution in [-0.4, -0.2) is 24.5 Å². The van der Waals surface area contributed by atoms with Crippen LogP contribution in [0.3, 0.4) is 0 Å². The number of hydrogen-bond acceptors (Lipinski definition) is 3. The Morgan fingerprint density at radius 1 is 1.21 bits per heavy atom. The Morgan fingerprint density at radius 3 is 2.29 bits per heavy atom. The number of aromatic hydroxyl groups is 1. The second-order valence-corrected chi connectivity index (χ2v) is 10.7. The van der Waals surface area contributed by atoms with Crippen LogP contribution in [0.4, 0.5) is 0 Å². The summed E-state index contributed by atoms with van der Waals surface area (Å²) >= 11 is -0.826. The molecule has 1 aliphatic carbocycles. The number of benzene rings is 1. The summed E-state index contributed by atoms with van der Waals surface area (Å²) < 4.78 is 5.36. The van der Waals surface area contributed by atoms with Crippen LogP contribution in [0.15, 0.2) is 17.1 Å². The minimum absolute atomic E-state index is 0.133. The van der Waals surface area contributed by atoms with Gasteiger partial charge in [0.15, 0.2) is 0 Å². The fraction of sp³-hybridized carbons (Fsp3) is 0.611. The van der Waals surface area contributed by atoms with Crippen LogP contribution in [0.25, 0.3) is 0 Å². The van der Waals surface area contributed by atoms with Crippen LogP contribution in [0.5, 0.6) is 11.5 Å². The third-order valence-electron chi connectivity index (χ3n) is 4.16. The van der Waals surface area contributed by atoms with Gasteiger partial charge in [-0.2, -0.15) is 0 Å². The molecule has 0 aromatic heterocycles. The Morgan fingerprint density at radius 2 is 1.79 bits per heavy atom. The van der Waals surface area contributed by atoms with Gasteiger partial charge in [0.2, 0.25) is 0 Å². The van der Waals surface area contributed by atoms with Crippen LogP contribution in [-0.2, 0) is 26.3 Å². The van der Waals surface area contributed by atoms with Crippen molar-refractivity contribution in [2.24, 2.45) is 4.99 Å². The zero-order valence-electron chi connectivity index (χ0n) is 14.9. The van der Waals surface area contributed by atoms with Gasteiger partial charge in [-0.25, -0.2) is 0 Å². The Kier molecular flexibility index (Phi) is 9.93. The Bertz CT molecular complexity index is 539. The number of phenolic OH excluding ortho intramolecular Hbond substituents is 1. The third kappa shape index (κ3) is 7.06. The summed E-state index contributed by atoms with van der Waals surface area (Å²) in [4.78, 5) is 4.67. The molecule has 0 amide bonds. The van der Waals surface area contributed by atoms with Crippen LogP contribution in [0.1, 0.15) is 64.0 Å². The summed E-state index contributed by atoms with van der Waals surface area (Å²) in [7, 11) is 11.5. The molecule has 0 bridgehead atoms. The molecule has 1 aliphatic rings. The molecule has 24 heavy (non-hydrogen) atoms. The summed E-state index contributed by atoms with van der Waals surface area (Å²) in [6.07, 6.45) is 7.99. The van der Waals surface area contributed by atoms with Gasteiger partial charge in [0.05, 0.1) is 7.11 Å². The van der Waals surface area contributed by atoms with Gasteiger partial charge in [-0.1, -0.05) is 40.0 Å². The molecular weight excluding hydrogens is 424 g/mol. The predicted octanol–water partition coefficient (Wildman–Crippen LogP) is 5.83. The molecule has 0 atom stereocenters. The van der Waals surface area contributed by atoms with E-state index in [1.165, 1.54) is 19.3 Å². The van der Waals surface area contributed by atoms with E-state index >= 15 is 0 Å². The van der Waals surface area contributed by atoms with Crippen molar-refractivity contribution in [3.05, 3.63) is 23.3 Å². The summed E-state index contributed by atoms with van der Waals surface area (Å²) in [5.74, 6) is 1.09. The topological polar surface area (TPSA) is 41.8 Å². The van der Waals surface area contributed by atoms with Gasteiger partial charge in [-0.05, 0) is 30.4 Å². The molecule has 0 spiro atoms. The molecule has 2 rings (SSSR count). The number of nitrogens with zero attached hydrogens (tertiary/aromatic N) is 1. The number of hydrogen-bond donors (Lipinski definition) is 1. The first kappa shape index (κ1) is 22.0. The fourth-order valence-electron chi connectivity index (χ4n) is 2.83. The van der Waals surface area contributed by atoms with E-state index in [0.29, 0.717) is 11.8 Å². The average molecular weight is 452 g/mol. The molecule has 1 aromatic carbocycles. The molecule has 1 N–H and O–H groups in total. The van der Waals surface area contributed by atoms with Crippen molar-refractivity contribution in [2.75, 3.05) is 7.11 Å². The molecule has 0 heterocycles. The quantitative estimate of drug-likeness (QED) is 0.588. The summed E-state index contributed by atoms with van der Waals surface area (Å²) in [5, 5.41) is 10.5. The molecule has 0 unspecified atom stereocenters. The maximum absolute atomic E-state index is 10.5. The number of ether oxygens (including phenoxy) is 1. The maximum atomic E-state index is 10.5. The zero-order chi connectivity index (χ0) is 18.2. The van der Waals surface area contributed by atoms with Gasteiger partial charge < -0.3 is 9.84 Å². The first-order chi connectivity index (χ1) is 11.3. The molecule has 0 radical (unpaired) electrons. The van der Waals surface area contributed by atoms with Crippen molar-refractivity contribution in [1.29, 1.82) is 0 Å². The molecule has 0 aliphatic heterocycles. The summed E-state index contributed by atoms with van der Waals surface area (Å²) in [6.45, 7) is 6.26. The van der Waals surface area contributed by atoms with Crippen LogP contribution < -0.4 is 4.74 Å². The SMILES string of the molecule is COc1cc(C=NC2CCCCC2)c(O)c(C(C)(C)C)c1.[Cl][Zr][Cl]. The molecule has 134 valence electrons. The van der Waals surface area contributed by atoms with E-state index < -0.39 is 20.8 Å². The van der Waals surface area contributed by atoms with E-state index in [0.717, 1.165) is 29.7 Å². The fourth-order valence-corrected chi connectivity index (χ4v) is 2.83. The summed E-state index contributed by atoms with van der Waals surface area (Å²) in [6, 6.07) is 4.17. The first-order valence-electron chi connectivity index (χ1n) is 8.24. The Balaban J connectivity index is 0.000000891. The molecule has 0 saturated heterocycles. The third-order valence-corrected chi connectivity index (χ3v) is 4.16. The monoisotopic (exact) mass is 449 g/mol. The van der Waals surface area contributed by atoms with Crippen molar-refractivity contribution in [1.82, 2.24) is 0 Å². The van der Waals surface area contributed by atoms with E-state index in [9.17, 15) is 5.11 Å². The minimum atomic E-state index is -0.826. The van der Waals surface area contributed by atoms with Crippen molar-refractivity contribution < 1.29 is 30.7 Å². The van der Waals surface area contributed by atoms with Crippen molar-refractivity contribution in [2.45, 2.75) is 64.3 Å². The molecule has 6 heteroatoms. The summed E-state index contributed by atoms with van der Waals surface area (Å²) in [5.41, 5.74) is 1.52. The van der Waals surface area contributed by atoms with Gasteiger partial charge in [0, 0.05) is 23.4 Å². The molecule has 1 aromatic rings. The second-order valence-electron chi connectivity index (χ2n) is 7.00. The second kappa shape index (κ2) is 10.8. The molecule has 1 fully saturated rings. The van der Waals surface area contributed by atoms with Gasteiger partial charge in [-0.15, -0.1) is 0 Å². The van der Waals surface area contributed by atoms with Gasteiger partial charge in [-0.3, -0.25) is 4.99 Å². The van der Waals surface area contributed by atoms with E-state index in [-0.39, 0.29) is 5.41 Å². The normalized spacial score (nSPS) is 15.8. The van der Waals surface area contributed by atoms with Crippen molar-refractivity contribution >= 4 is 23.2 Å². The average Bonchev–Trinajstić information content (AvgIpc) is 2.54. The van der Waals surface area contributed by atoms with E-state index in [1.807, 2.05) is 18.3 Å². The standard InChI is InChI=1S/C18H27NO2.2ClH.Zr/c1-18(2,3)16-11-15(21-4)10-13(17(16)20)12-19-14-8-6-5-7-9-14;;;/h10-12,14,20H,5-9H2,1-4H3;2*1H;/q;;;+2/p-2. The Labute approximate surface area is 164 Å². The Hall–Kier alpha value is -0.0469. The first-order valence-corrected chi connectivity index (χ1v) is 14.6. The van der Waals surface area contributed by atoms with Crippen LogP contribution in [0, 0.1) is 0 Å². The molecule has 1 saturated carbocycles. The van der Waals surface area contributed by atoms with Crippen LogP contribution in [0.2, 0.25) is 0 Å². The van der Waals surface area contributed by atoms with Crippen LogP contribution >= 0.6 is 17.0 Å². The number of aliphatic imine (C=N–C) groups is 1. The zero-order valence-corrected chi connectivity index (χ0v) is 18.9. The molecule has 3 nitrogen and oxygen atoms in total. The van der Waals surface area contributed by atoms with E-state index in [1.54, 1.807) is 7.11 Å². The predicted molar refractivity (Wildman–Crippen MR) is 99.5 cm³/mol. The molecular formula is C18H27Cl2NO2Zr. The van der Waals surface area contributed by atoms with Gasteiger partial charge >= 0.3 is 37.9 Å². The number of methoxy groups -OCH3 is 1. The number of phenols is 1.